The first-order valence-electron chi connectivity index (χ1n) is 4.94. The summed E-state index contributed by atoms with van der Waals surface area (Å²) in [4.78, 5) is 0. The Morgan fingerprint density at radius 1 is 1.31 bits per heavy atom. The SMILES string of the molecule is CCCS(=O)(=O)CCC1(CN)CC1. The normalized spacial score (nSPS) is 20.2. The molecule has 1 fully saturated rings. The Labute approximate surface area is 80.6 Å². The van der Waals surface area contributed by atoms with Crippen molar-refractivity contribution in [1.29, 1.82) is 0 Å². The Hall–Kier alpha value is -0.0900. The lowest BCUT2D eigenvalue weighted by atomic mass is 10.1. The molecule has 13 heavy (non-hydrogen) atoms. The summed E-state index contributed by atoms with van der Waals surface area (Å²) < 4.78 is 22.8. The fraction of sp³-hybridized carbons (Fsp3) is 1.00. The summed E-state index contributed by atoms with van der Waals surface area (Å²) in [6.45, 7) is 2.54. The van der Waals surface area contributed by atoms with Crippen LogP contribution in [0.3, 0.4) is 0 Å². The molecule has 3 nitrogen and oxygen atoms in total. The van der Waals surface area contributed by atoms with E-state index < -0.39 is 9.84 Å². The molecule has 0 aromatic rings. The van der Waals surface area contributed by atoms with Gasteiger partial charge in [0.05, 0.1) is 5.75 Å². The molecule has 0 aromatic heterocycles. The van der Waals surface area contributed by atoms with Gasteiger partial charge in [-0.1, -0.05) is 6.92 Å². The number of hydrogen-bond donors (Lipinski definition) is 1. The fourth-order valence-electron chi connectivity index (χ4n) is 1.52. The van der Waals surface area contributed by atoms with E-state index >= 15 is 0 Å². The first kappa shape index (κ1) is 11.0. The second-order valence-corrected chi connectivity index (χ2v) is 6.41. The highest BCUT2D eigenvalue weighted by atomic mass is 32.2. The van der Waals surface area contributed by atoms with E-state index in [0.29, 0.717) is 18.1 Å². The van der Waals surface area contributed by atoms with Gasteiger partial charge in [-0.05, 0) is 37.6 Å². The van der Waals surface area contributed by atoms with Crippen LogP contribution in [-0.4, -0.2) is 26.5 Å². The van der Waals surface area contributed by atoms with Gasteiger partial charge in [0.25, 0.3) is 0 Å². The number of hydrogen-bond acceptors (Lipinski definition) is 3. The Morgan fingerprint density at radius 2 is 1.92 bits per heavy atom. The maximum atomic E-state index is 11.4. The van der Waals surface area contributed by atoms with Gasteiger partial charge >= 0.3 is 0 Å². The fourth-order valence-corrected chi connectivity index (χ4v) is 3.09. The van der Waals surface area contributed by atoms with Gasteiger partial charge in [-0.25, -0.2) is 8.42 Å². The largest absolute Gasteiger partial charge is 0.330 e. The third-order valence-electron chi connectivity index (χ3n) is 2.85. The zero-order valence-electron chi connectivity index (χ0n) is 8.25. The van der Waals surface area contributed by atoms with Crippen molar-refractivity contribution >= 4 is 9.84 Å². The lowest BCUT2D eigenvalue weighted by molar-refractivity contribution is 0.498. The highest BCUT2D eigenvalue weighted by Crippen LogP contribution is 2.47. The molecular weight excluding hydrogens is 186 g/mol. The van der Waals surface area contributed by atoms with Gasteiger partial charge in [-0.15, -0.1) is 0 Å². The van der Waals surface area contributed by atoms with Crippen molar-refractivity contribution < 1.29 is 8.42 Å². The summed E-state index contributed by atoms with van der Waals surface area (Å²) in [5.41, 5.74) is 5.77. The zero-order chi connectivity index (χ0) is 9.95. The van der Waals surface area contributed by atoms with Crippen LogP contribution in [0.5, 0.6) is 0 Å². The molecule has 0 aliphatic heterocycles. The lowest BCUT2D eigenvalue weighted by Crippen LogP contribution is -2.20. The maximum absolute atomic E-state index is 11.4. The maximum Gasteiger partial charge on any atom is 0.150 e. The van der Waals surface area contributed by atoms with Crippen molar-refractivity contribution in [2.45, 2.75) is 32.6 Å². The highest BCUT2D eigenvalue weighted by molar-refractivity contribution is 7.91. The molecule has 1 saturated carbocycles. The zero-order valence-corrected chi connectivity index (χ0v) is 9.07. The molecular formula is C9H19NO2S. The van der Waals surface area contributed by atoms with Crippen molar-refractivity contribution in [3.63, 3.8) is 0 Å². The molecule has 1 rings (SSSR count). The van der Waals surface area contributed by atoms with Crippen LogP contribution in [0.2, 0.25) is 0 Å². The van der Waals surface area contributed by atoms with E-state index in [1.807, 2.05) is 6.92 Å². The summed E-state index contributed by atoms with van der Waals surface area (Å²) in [7, 11) is -2.79. The molecule has 1 aliphatic rings. The molecule has 0 aromatic carbocycles. The number of rotatable bonds is 6. The third kappa shape index (κ3) is 3.27. The second-order valence-electron chi connectivity index (χ2n) is 4.11. The minimum Gasteiger partial charge on any atom is -0.330 e. The Kier molecular flexibility index (Phi) is 3.35. The topological polar surface area (TPSA) is 60.2 Å². The Balaban J connectivity index is 2.33. The first-order valence-corrected chi connectivity index (χ1v) is 6.76. The summed E-state index contributed by atoms with van der Waals surface area (Å²) >= 11 is 0. The van der Waals surface area contributed by atoms with Crippen LogP contribution in [0, 0.1) is 5.41 Å². The van der Waals surface area contributed by atoms with Gasteiger partial charge in [0.2, 0.25) is 0 Å². The van der Waals surface area contributed by atoms with Crippen LogP contribution in [0.15, 0.2) is 0 Å². The molecule has 0 unspecified atom stereocenters. The van der Waals surface area contributed by atoms with E-state index in [-0.39, 0.29) is 5.41 Å². The lowest BCUT2D eigenvalue weighted by Gasteiger charge is -2.11. The van der Waals surface area contributed by atoms with Crippen molar-refractivity contribution in [3.05, 3.63) is 0 Å². The molecule has 0 saturated heterocycles. The van der Waals surface area contributed by atoms with Crippen LogP contribution < -0.4 is 5.73 Å². The molecule has 0 radical (unpaired) electrons. The van der Waals surface area contributed by atoms with Crippen LogP contribution in [0.1, 0.15) is 32.6 Å². The molecule has 4 heteroatoms. The van der Waals surface area contributed by atoms with Crippen LogP contribution in [-0.2, 0) is 9.84 Å². The molecule has 0 bridgehead atoms. The van der Waals surface area contributed by atoms with Crippen molar-refractivity contribution in [2.75, 3.05) is 18.1 Å². The predicted molar refractivity (Wildman–Crippen MR) is 54.3 cm³/mol. The third-order valence-corrected chi connectivity index (χ3v) is 4.71. The van der Waals surface area contributed by atoms with E-state index in [4.69, 9.17) is 5.73 Å². The van der Waals surface area contributed by atoms with E-state index in [1.54, 1.807) is 0 Å². The molecule has 78 valence electrons. The molecule has 0 heterocycles. The first-order chi connectivity index (χ1) is 6.04. The quantitative estimate of drug-likeness (QED) is 0.702. The van der Waals surface area contributed by atoms with E-state index in [2.05, 4.69) is 0 Å². The molecule has 0 spiro atoms. The average Bonchev–Trinajstić information content (AvgIpc) is 2.82. The number of nitrogens with two attached hydrogens (primary N) is 1. The predicted octanol–water partition coefficient (Wildman–Crippen LogP) is 0.940. The minimum absolute atomic E-state index is 0.195. The van der Waals surface area contributed by atoms with Gasteiger partial charge in [-0.2, -0.15) is 0 Å². The van der Waals surface area contributed by atoms with E-state index in [9.17, 15) is 8.42 Å². The summed E-state index contributed by atoms with van der Waals surface area (Å²) in [6, 6.07) is 0. The van der Waals surface area contributed by atoms with Crippen molar-refractivity contribution in [2.24, 2.45) is 11.1 Å². The Morgan fingerprint density at radius 3 is 2.31 bits per heavy atom. The molecule has 1 aliphatic carbocycles. The molecule has 2 N–H and O–H groups in total. The van der Waals surface area contributed by atoms with Gasteiger partial charge in [0.1, 0.15) is 9.84 Å². The smallest absolute Gasteiger partial charge is 0.150 e. The van der Waals surface area contributed by atoms with E-state index in [1.165, 1.54) is 0 Å². The van der Waals surface area contributed by atoms with Crippen LogP contribution >= 0.6 is 0 Å². The second kappa shape index (κ2) is 3.96. The summed E-state index contributed by atoms with van der Waals surface area (Å²) in [5, 5.41) is 0. The van der Waals surface area contributed by atoms with Crippen molar-refractivity contribution in [1.82, 2.24) is 0 Å². The van der Waals surface area contributed by atoms with Crippen LogP contribution in [0.25, 0.3) is 0 Å². The number of sulfone groups is 1. The van der Waals surface area contributed by atoms with Crippen molar-refractivity contribution in [3.8, 4) is 0 Å². The van der Waals surface area contributed by atoms with Gasteiger partial charge in [0.15, 0.2) is 0 Å². The standard InChI is InChI=1S/C9H19NO2S/c1-2-6-13(11,12)7-5-9(8-10)3-4-9/h2-8,10H2,1H3. The monoisotopic (exact) mass is 205 g/mol. The summed E-state index contributed by atoms with van der Waals surface area (Å²) in [6.07, 6.45) is 3.72. The van der Waals surface area contributed by atoms with Gasteiger partial charge in [-0.3, -0.25) is 0 Å². The highest BCUT2D eigenvalue weighted by Gasteiger charge is 2.41. The molecule has 0 amide bonds. The van der Waals surface area contributed by atoms with E-state index in [0.717, 1.165) is 25.7 Å². The minimum atomic E-state index is -2.79. The summed E-state index contributed by atoms with van der Waals surface area (Å²) in [5.74, 6) is 0.658. The Bertz CT molecular complexity index is 255. The van der Waals surface area contributed by atoms with Gasteiger partial charge in [0, 0.05) is 5.75 Å². The van der Waals surface area contributed by atoms with Gasteiger partial charge < -0.3 is 5.73 Å². The molecule has 0 atom stereocenters. The van der Waals surface area contributed by atoms with Crippen LogP contribution in [0.4, 0.5) is 0 Å². The average molecular weight is 205 g/mol.